The average Bonchev–Trinajstić information content (AvgIpc) is 2.36. The SMILES string of the molecule is CNNC(=O)Cc1cc(Br)cs1. The van der Waals surface area contributed by atoms with Gasteiger partial charge in [0.15, 0.2) is 0 Å². The highest BCUT2D eigenvalue weighted by Gasteiger charge is 2.03. The molecule has 1 aromatic heterocycles. The van der Waals surface area contributed by atoms with Crippen molar-refractivity contribution in [2.75, 3.05) is 7.05 Å². The maximum atomic E-state index is 11.0. The van der Waals surface area contributed by atoms with Crippen LogP contribution in [-0.2, 0) is 11.2 Å². The zero-order valence-electron chi connectivity index (χ0n) is 6.56. The largest absolute Gasteiger partial charge is 0.292 e. The van der Waals surface area contributed by atoms with Crippen molar-refractivity contribution < 1.29 is 4.79 Å². The molecule has 5 heteroatoms. The van der Waals surface area contributed by atoms with Crippen molar-refractivity contribution in [2.45, 2.75) is 6.42 Å². The van der Waals surface area contributed by atoms with Crippen LogP contribution in [0.2, 0.25) is 0 Å². The molecule has 0 saturated heterocycles. The molecule has 0 fully saturated rings. The first-order chi connectivity index (χ1) is 5.72. The van der Waals surface area contributed by atoms with E-state index in [9.17, 15) is 4.79 Å². The number of carbonyl (C=O) groups excluding carboxylic acids is 1. The van der Waals surface area contributed by atoms with Gasteiger partial charge in [0.25, 0.3) is 0 Å². The van der Waals surface area contributed by atoms with Gasteiger partial charge in [0, 0.05) is 21.8 Å². The third-order valence-corrected chi connectivity index (χ3v) is 2.92. The molecule has 0 aliphatic carbocycles. The van der Waals surface area contributed by atoms with E-state index in [0.29, 0.717) is 6.42 Å². The Morgan fingerprint density at radius 2 is 2.50 bits per heavy atom. The second-order valence-electron chi connectivity index (χ2n) is 2.21. The van der Waals surface area contributed by atoms with Gasteiger partial charge < -0.3 is 0 Å². The second kappa shape index (κ2) is 4.59. The molecule has 3 nitrogen and oxygen atoms in total. The summed E-state index contributed by atoms with van der Waals surface area (Å²) in [6.45, 7) is 0. The minimum Gasteiger partial charge on any atom is -0.292 e. The first kappa shape index (κ1) is 9.70. The van der Waals surface area contributed by atoms with Crippen LogP contribution in [0.1, 0.15) is 4.88 Å². The third kappa shape index (κ3) is 2.92. The Kier molecular flexibility index (Phi) is 3.71. The molecule has 1 heterocycles. The molecule has 0 unspecified atom stereocenters. The molecule has 0 aromatic carbocycles. The minimum absolute atomic E-state index is 0.0214. The van der Waals surface area contributed by atoms with E-state index in [1.54, 1.807) is 18.4 Å². The van der Waals surface area contributed by atoms with Gasteiger partial charge in [0.05, 0.1) is 6.42 Å². The Morgan fingerprint density at radius 3 is 3.00 bits per heavy atom. The van der Waals surface area contributed by atoms with Crippen LogP contribution in [0.25, 0.3) is 0 Å². The number of hydrazine groups is 1. The highest BCUT2D eigenvalue weighted by molar-refractivity contribution is 9.10. The summed E-state index contributed by atoms with van der Waals surface area (Å²) in [6.07, 6.45) is 0.428. The number of hydrogen-bond donors (Lipinski definition) is 2. The van der Waals surface area contributed by atoms with E-state index in [4.69, 9.17) is 0 Å². The van der Waals surface area contributed by atoms with Crippen LogP contribution in [0, 0.1) is 0 Å². The number of hydrogen-bond acceptors (Lipinski definition) is 3. The van der Waals surface area contributed by atoms with Gasteiger partial charge in [-0.3, -0.25) is 10.2 Å². The molecule has 12 heavy (non-hydrogen) atoms. The van der Waals surface area contributed by atoms with Crippen molar-refractivity contribution in [2.24, 2.45) is 0 Å². The summed E-state index contributed by atoms with van der Waals surface area (Å²) in [5, 5.41) is 1.96. The quantitative estimate of drug-likeness (QED) is 0.793. The summed E-state index contributed by atoms with van der Waals surface area (Å²) in [4.78, 5) is 12.1. The van der Waals surface area contributed by atoms with Crippen LogP contribution in [0.15, 0.2) is 15.9 Å². The van der Waals surface area contributed by atoms with Gasteiger partial charge in [-0.25, -0.2) is 5.43 Å². The van der Waals surface area contributed by atoms with Gasteiger partial charge in [-0.1, -0.05) is 0 Å². The number of rotatable bonds is 3. The first-order valence-electron chi connectivity index (χ1n) is 3.41. The normalized spacial score (nSPS) is 9.83. The van der Waals surface area contributed by atoms with Crippen LogP contribution >= 0.6 is 27.3 Å². The molecule has 0 saturated carbocycles. The van der Waals surface area contributed by atoms with E-state index >= 15 is 0 Å². The fourth-order valence-corrected chi connectivity index (χ4v) is 2.24. The Bertz CT molecular complexity index is 274. The summed E-state index contributed by atoms with van der Waals surface area (Å²) in [5.74, 6) is -0.0214. The lowest BCUT2D eigenvalue weighted by Gasteiger charge is -1.99. The van der Waals surface area contributed by atoms with Crippen molar-refractivity contribution in [3.63, 3.8) is 0 Å². The molecule has 0 bridgehead atoms. The van der Waals surface area contributed by atoms with E-state index in [1.807, 2.05) is 11.4 Å². The highest BCUT2D eigenvalue weighted by Crippen LogP contribution is 2.19. The van der Waals surface area contributed by atoms with Crippen molar-refractivity contribution in [1.29, 1.82) is 0 Å². The topological polar surface area (TPSA) is 41.1 Å². The standard InChI is InChI=1S/C7H9BrN2OS/c1-9-10-7(11)3-6-2-5(8)4-12-6/h2,4,9H,3H2,1H3,(H,10,11). The monoisotopic (exact) mass is 248 g/mol. The molecule has 66 valence electrons. The van der Waals surface area contributed by atoms with Gasteiger partial charge in [0.1, 0.15) is 0 Å². The summed E-state index contributed by atoms with van der Waals surface area (Å²) in [6, 6.07) is 1.94. The zero-order valence-corrected chi connectivity index (χ0v) is 8.96. The second-order valence-corrected chi connectivity index (χ2v) is 4.12. The van der Waals surface area contributed by atoms with Gasteiger partial charge >= 0.3 is 0 Å². The molecule has 0 radical (unpaired) electrons. The Hall–Kier alpha value is -0.390. The van der Waals surface area contributed by atoms with Gasteiger partial charge in [0.2, 0.25) is 5.91 Å². The van der Waals surface area contributed by atoms with Gasteiger partial charge in [-0.05, 0) is 22.0 Å². The summed E-state index contributed by atoms with van der Waals surface area (Å²) >= 11 is 4.89. The molecule has 1 amide bonds. The Labute approximate surface area is 83.3 Å². The van der Waals surface area contributed by atoms with Crippen LogP contribution in [0.4, 0.5) is 0 Å². The van der Waals surface area contributed by atoms with E-state index in [0.717, 1.165) is 9.35 Å². The van der Waals surface area contributed by atoms with Crippen LogP contribution in [0.3, 0.4) is 0 Å². The van der Waals surface area contributed by atoms with Crippen molar-refractivity contribution in [1.82, 2.24) is 10.9 Å². The smallest absolute Gasteiger partial charge is 0.239 e. The molecule has 1 aromatic rings. The van der Waals surface area contributed by atoms with Crippen molar-refractivity contribution >= 4 is 33.2 Å². The Balaban J connectivity index is 2.46. The number of nitrogens with one attached hydrogen (secondary N) is 2. The molecule has 0 aliphatic heterocycles. The predicted octanol–water partition coefficient (Wildman–Crippen LogP) is 1.30. The zero-order chi connectivity index (χ0) is 8.97. The van der Waals surface area contributed by atoms with Crippen LogP contribution in [0.5, 0.6) is 0 Å². The van der Waals surface area contributed by atoms with Crippen molar-refractivity contribution in [3.05, 3.63) is 20.8 Å². The Morgan fingerprint density at radius 1 is 1.75 bits per heavy atom. The van der Waals surface area contributed by atoms with Gasteiger partial charge in [-0.2, -0.15) is 0 Å². The molecule has 2 N–H and O–H groups in total. The molecule has 1 rings (SSSR count). The fraction of sp³-hybridized carbons (Fsp3) is 0.286. The lowest BCUT2D eigenvalue weighted by molar-refractivity contribution is -0.121. The van der Waals surface area contributed by atoms with Crippen molar-refractivity contribution in [3.8, 4) is 0 Å². The molecule has 0 atom stereocenters. The molecule has 0 aliphatic rings. The van der Waals surface area contributed by atoms with E-state index < -0.39 is 0 Å². The minimum atomic E-state index is -0.0214. The first-order valence-corrected chi connectivity index (χ1v) is 5.08. The summed E-state index contributed by atoms with van der Waals surface area (Å²) < 4.78 is 1.03. The van der Waals surface area contributed by atoms with E-state index in [-0.39, 0.29) is 5.91 Å². The summed E-state index contributed by atoms with van der Waals surface area (Å²) in [5.41, 5.74) is 5.09. The predicted molar refractivity (Wildman–Crippen MR) is 52.9 cm³/mol. The fourth-order valence-electron chi connectivity index (χ4n) is 0.788. The van der Waals surface area contributed by atoms with Gasteiger partial charge in [-0.15, -0.1) is 11.3 Å². The lowest BCUT2D eigenvalue weighted by atomic mass is 10.3. The summed E-state index contributed by atoms with van der Waals surface area (Å²) in [7, 11) is 1.67. The number of halogens is 1. The highest BCUT2D eigenvalue weighted by atomic mass is 79.9. The van der Waals surface area contributed by atoms with E-state index in [2.05, 4.69) is 26.8 Å². The third-order valence-electron chi connectivity index (χ3n) is 1.22. The molecular formula is C7H9BrN2OS. The number of amides is 1. The van der Waals surface area contributed by atoms with E-state index in [1.165, 1.54) is 0 Å². The average molecular weight is 249 g/mol. The maximum Gasteiger partial charge on any atom is 0.239 e. The number of carbonyl (C=O) groups is 1. The lowest BCUT2D eigenvalue weighted by Crippen LogP contribution is -2.35. The number of thiophene rings is 1. The van der Waals surface area contributed by atoms with Crippen LogP contribution in [-0.4, -0.2) is 13.0 Å². The van der Waals surface area contributed by atoms with Crippen LogP contribution < -0.4 is 10.9 Å². The molecule has 0 spiro atoms. The molecular weight excluding hydrogens is 240 g/mol. The maximum absolute atomic E-state index is 11.0.